The minimum absolute atomic E-state index is 0.107. The second-order valence-electron chi connectivity index (χ2n) is 6.58. The van der Waals surface area contributed by atoms with E-state index in [0.29, 0.717) is 26.1 Å². The summed E-state index contributed by atoms with van der Waals surface area (Å²) in [5.74, 6) is -0.640. The number of urea groups is 1. The normalized spacial score (nSPS) is 26.8. The molecule has 118 valence electrons. The molecule has 5 heteroatoms. The van der Waals surface area contributed by atoms with E-state index in [4.69, 9.17) is 0 Å². The first-order valence-corrected chi connectivity index (χ1v) is 7.83. The molecule has 2 N–H and O–H groups in total. The number of hydrogen-bond donors (Lipinski definition) is 2. The monoisotopic (exact) mass is 302 g/mol. The lowest BCUT2D eigenvalue weighted by Crippen LogP contribution is -2.41. The molecule has 1 saturated heterocycles. The molecule has 3 rings (SSSR count). The Morgan fingerprint density at radius 1 is 1.36 bits per heavy atom. The van der Waals surface area contributed by atoms with Gasteiger partial charge in [-0.2, -0.15) is 0 Å². The summed E-state index contributed by atoms with van der Waals surface area (Å²) in [5.41, 5.74) is 1.53. The maximum absolute atomic E-state index is 12.3. The van der Waals surface area contributed by atoms with Crippen LogP contribution >= 0.6 is 0 Å². The molecule has 2 amide bonds. The fraction of sp³-hybridized carbons (Fsp3) is 0.529. The van der Waals surface area contributed by atoms with Crippen LogP contribution in [0.15, 0.2) is 24.3 Å². The lowest BCUT2D eigenvalue weighted by Gasteiger charge is -2.23. The van der Waals surface area contributed by atoms with Gasteiger partial charge in [0.1, 0.15) is 0 Å². The average Bonchev–Trinajstić information content (AvgIpc) is 3.04. The Kier molecular flexibility index (Phi) is 3.81. The molecule has 1 aromatic rings. The number of rotatable bonds is 3. The van der Waals surface area contributed by atoms with Crippen LogP contribution in [0.4, 0.5) is 4.79 Å². The van der Waals surface area contributed by atoms with E-state index in [1.165, 1.54) is 5.56 Å². The highest BCUT2D eigenvalue weighted by Crippen LogP contribution is 2.48. The molecule has 5 nitrogen and oxygen atoms in total. The van der Waals surface area contributed by atoms with E-state index >= 15 is 0 Å². The number of carboxylic acids is 1. The molecular formula is C17H22N2O3. The Bertz CT molecular complexity index is 584. The molecule has 22 heavy (non-hydrogen) atoms. The number of fused-ring (bicyclic) bond motifs is 1. The Morgan fingerprint density at radius 2 is 2.09 bits per heavy atom. The van der Waals surface area contributed by atoms with Crippen molar-refractivity contribution < 1.29 is 14.7 Å². The van der Waals surface area contributed by atoms with Gasteiger partial charge in [-0.1, -0.05) is 36.2 Å². The largest absolute Gasteiger partial charge is 0.481 e. The number of benzene rings is 1. The van der Waals surface area contributed by atoms with Crippen molar-refractivity contribution in [3.63, 3.8) is 0 Å². The third kappa shape index (κ3) is 2.56. The van der Waals surface area contributed by atoms with Gasteiger partial charge in [-0.05, 0) is 31.2 Å². The van der Waals surface area contributed by atoms with Gasteiger partial charge in [-0.3, -0.25) is 4.79 Å². The first kappa shape index (κ1) is 14.9. The molecule has 1 saturated carbocycles. The van der Waals surface area contributed by atoms with E-state index in [0.717, 1.165) is 18.4 Å². The van der Waals surface area contributed by atoms with Crippen LogP contribution in [0.2, 0.25) is 0 Å². The van der Waals surface area contributed by atoms with Crippen LogP contribution in [0.3, 0.4) is 0 Å². The van der Waals surface area contributed by atoms with Gasteiger partial charge in [0.05, 0.1) is 5.41 Å². The standard InChI is InChI=1S/C17H22N2O3/c1-12-4-6-13(7-5-12)9-18-16(22)19-10-14-3-2-8-17(14,11-19)15(20)21/h4-7,14H,2-3,8-11H2,1H3,(H,18,22)(H,20,21)/t14-,17+/m0/s1. The number of hydrogen-bond acceptors (Lipinski definition) is 2. The molecular weight excluding hydrogens is 280 g/mol. The van der Waals surface area contributed by atoms with E-state index in [-0.39, 0.29) is 11.9 Å². The average molecular weight is 302 g/mol. The predicted octanol–water partition coefficient (Wildman–Crippen LogP) is 2.39. The van der Waals surface area contributed by atoms with Crippen LogP contribution in [0.1, 0.15) is 30.4 Å². The summed E-state index contributed by atoms with van der Waals surface area (Å²) in [6.45, 7) is 3.40. The third-order valence-electron chi connectivity index (χ3n) is 5.15. The Balaban J connectivity index is 1.60. The maximum atomic E-state index is 12.3. The molecule has 2 fully saturated rings. The first-order chi connectivity index (χ1) is 10.5. The molecule has 1 heterocycles. The van der Waals surface area contributed by atoms with Crippen molar-refractivity contribution in [1.82, 2.24) is 10.2 Å². The lowest BCUT2D eigenvalue weighted by molar-refractivity contribution is -0.149. The number of amides is 2. The van der Waals surface area contributed by atoms with Crippen LogP contribution in [-0.4, -0.2) is 35.1 Å². The molecule has 2 aliphatic rings. The quantitative estimate of drug-likeness (QED) is 0.900. The molecule has 0 unspecified atom stereocenters. The summed E-state index contributed by atoms with van der Waals surface area (Å²) < 4.78 is 0. The van der Waals surface area contributed by atoms with Crippen molar-refractivity contribution >= 4 is 12.0 Å². The number of nitrogens with one attached hydrogen (secondary N) is 1. The van der Waals surface area contributed by atoms with Crippen molar-refractivity contribution in [2.45, 2.75) is 32.7 Å². The van der Waals surface area contributed by atoms with Crippen LogP contribution in [0.5, 0.6) is 0 Å². The zero-order valence-electron chi connectivity index (χ0n) is 12.8. The van der Waals surface area contributed by atoms with E-state index in [1.807, 2.05) is 31.2 Å². The summed E-state index contributed by atoms with van der Waals surface area (Å²) in [5, 5.41) is 12.4. The Morgan fingerprint density at radius 3 is 2.73 bits per heavy atom. The summed E-state index contributed by atoms with van der Waals surface area (Å²) in [4.78, 5) is 25.6. The van der Waals surface area contributed by atoms with Crippen LogP contribution < -0.4 is 5.32 Å². The van der Waals surface area contributed by atoms with Gasteiger partial charge in [0.25, 0.3) is 0 Å². The number of likely N-dealkylation sites (tertiary alicyclic amines) is 1. The highest BCUT2D eigenvalue weighted by Gasteiger charge is 2.55. The van der Waals surface area contributed by atoms with Gasteiger partial charge >= 0.3 is 12.0 Å². The number of aliphatic carboxylic acids is 1. The molecule has 0 spiro atoms. The predicted molar refractivity (Wildman–Crippen MR) is 82.4 cm³/mol. The zero-order valence-corrected chi connectivity index (χ0v) is 12.8. The topological polar surface area (TPSA) is 69.6 Å². The summed E-state index contributed by atoms with van der Waals surface area (Å²) in [6.07, 6.45) is 2.55. The van der Waals surface area contributed by atoms with Gasteiger partial charge < -0.3 is 15.3 Å². The van der Waals surface area contributed by atoms with Crippen molar-refractivity contribution in [2.75, 3.05) is 13.1 Å². The summed E-state index contributed by atoms with van der Waals surface area (Å²) >= 11 is 0. The minimum atomic E-state index is -0.746. The fourth-order valence-corrected chi connectivity index (χ4v) is 3.79. The van der Waals surface area contributed by atoms with E-state index in [1.54, 1.807) is 4.90 Å². The molecule has 1 aliphatic heterocycles. The number of carbonyl (C=O) groups excluding carboxylic acids is 1. The molecule has 1 aliphatic carbocycles. The molecule has 0 aromatic heterocycles. The van der Waals surface area contributed by atoms with Crippen molar-refractivity contribution in [1.29, 1.82) is 0 Å². The van der Waals surface area contributed by atoms with Crippen molar-refractivity contribution in [3.05, 3.63) is 35.4 Å². The van der Waals surface area contributed by atoms with Gasteiger partial charge in [0.2, 0.25) is 0 Å². The second kappa shape index (κ2) is 5.63. The zero-order chi connectivity index (χ0) is 15.7. The number of nitrogens with zero attached hydrogens (tertiary/aromatic N) is 1. The fourth-order valence-electron chi connectivity index (χ4n) is 3.79. The molecule has 0 radical (unpaired) electrons. The molecule has 2 atom stereocenters. The van der Waals surface area contributed by atoms with Crippen molar-refractivity contribution in [2.24, 2.45) is 11.3 Å². The van der Waals surface area contributed by atoms with Gasteiger partial charge in [0.15, 0.2) is 0 Å². The van der Waals surface area contributed by atoms with Crippen LogP contribution in [0.25, 0.3) is 0 Å². The first-order valence-electron chi connectivity index (χ1n) is 7.83. The number of aryl methyl sites for hydroxylation is 1. The number of carbonyl (C=O) groups is 2. The van der Waals surface area contributed by atoms with E-state index < -0.39 is 11.4 Å². The van der Waals surface area contributed by atoms with Crippen molar-refractivity contribution in [3.8, 4) is 0 Å². The van der Waals surface area contributed by atoms with Gasteiger partial charge in [0, 0.05) is 19.6 Å². The number of carboxylic acid groups (broad SMARTS) is 1. The third-order valence-corrected chi connectivity index (χ3v) is 5.15. The maximum Gasteiger partial charge on any atom is 0.317 e. The van der Waals surface area contributed by atoms with E-state index in [9.17, 15) is 14.7 Å². The Hall–Kier alpha value is -2.04. The SMILES string of the molecule is Cc1ccc(CNC(=O)N2C[C@@H]3CCC[C@@]3(C(=O)O)C2)cc1. The Labute approximate surface area is 130 Å². The highest BCUT2D eigenvalue weighted by atomic mass is 16.4. The minimum Gasteiger partial charge on any atom is -0.481 e. The van der Waals surface area contributed by atoms with Gasteiger partial charge in [-0.15, -0.1) is 0 Å². The van der Waals surface area contributed by atoms with Gasteiger partial charge in [-0.25, -0.2) is 4.79 Å². The van der Waals surface area contributed by atoms with E-state index in [2.05, 4.69) is 5.32 Å². The lowest BCUT2D eigenvalue weighted by atomic mass is 9.81. The molecule has 1 aromatic carbocycles. The van der Waals surface area contributed by atoms with Crippen LogP contribution in [0, 0.1) is 18.3 Å². The van der Waals surface area contributed by atoms with Crippen LogP contribution in [-0.2, 0) is 11.3 Å². The smallest absolute Gasteiger partial charge is 0.317 e. The summed E-state index contributed by atoms with van der Waals surface area (Å²) in [7, 11) is 0. The summed E-state index contributed by atoms with van der Waals surface area (Å²) in [6, 6.07) is 7.86. The highest BCUT2D eigenvalue weighted by molar-refractivity contribution is 5.80. The second-order valence-corrected chi connectivity index (χ2v) is 6.58. The molecule has 0 bridgehead atoms.